The Kier molecular flexibility index (Phi) is 4.38. The number of nitrogens with zero attached hydrogens (tertiary/aromatic N) is 3. The monoisotopic (exact) mass is 411 g/mol. The van der Waals surface area contributed by atoms with Crippen LogP contribution in [0, 0.1) is 12.8 Å². The predicted octanol–water partition coefficient (Wildman–Crippen LogP) is 3.19. The quantitative estimate of drug-likeness (QED) is 0.726. The largest absolute Gasteiger partial charge is 0.497 e. The first-order valence-corrected chi connectivity index (χ1v) is 10.2. The zero-order chi connectivity index (χ0) is 20.3. The van der Waals surface area contributed by atoms with E-state index in [0.717, 1.165) is 36.4 Å². The highest BCUT2D eigenvalue weighted by Gasteiger charge is 2.62. The number of carbonyl (C=O) groups excluding carboxylic acids is 2. The first kappa shape index (κ1) is 18.6. The van der Waals surface area contributed by atoms with Crippen molar-refractivity contribution in [3.8, 4) is 5.75 Å². The van der Waals surface area contributed by atoms with Crippen molar-refractivity contribution in [1.29, 1.82) is 0 Å². The summed E-state index contributed by atoms with van der Waals surface area (Å²) < 4.78 is 5.27. The Hall–Kier alpha value is -2.41. The molecule has 0 aliphatic carbocycles. The molecule has 0 saturated carbocycles. The maximum absolute atomic E-state index is 13.5. The maximum Gasteiger partial charge on any atom is 0.253 e. The smallest absolute Gasteiger partial charge is 0.253 e. The molecular weight excluding hydrogens is 390 g/mol. The van der Waals surface area contributed by atoms with E-state index in [1.54, 1.807) is 19.2 Å². The molecule has 0 radical (unpaired) electrons. The Balaban J connectivity index is 1.56. The van der Waals surface area contributed by atoms with Gasteiger partial charge in [0, 0.05) is 18.1 Å². The molecule has 3 saturated heterocycles. The van der Waals surface area contributed by atoms with Gasteiger partial charge in [-0.1, -0.05) is 29.8 Å². The molecule has 150 valence electrons. The predicted molar refractivity (Wildman–Crippen MR) is 110 cm³/mol. The molecule has 0 unspecified atom stereocenters. The average molecular weight is 412 g/mol. The van der Waals surface area contributed by atoms with Crippen molar-refractivity contribution in [3.63, 3.8) is 0 Å². The van der Waals surface area contributed by atoms with Crippen LogP contribution in [0.15, 0.2) is 42.5 Å². The third kappa shape index (κ3) is 2.70. The normalized spacial score (nSPS) is 26.9. The zero-order valence-corrected chi connectivity index (χ0v) is 17.1. The molecule has 0 N–H and O–H groups in total. The van der Waals surface area contributed by atoms with Gasteiger partial charge in [0.25, 0.3) is 5.91 Å². The Morgan fingerprint density at radius 3 is 2.31 bits per heavy atom. The van der Waals surface area contributed by atoms with Crippen molar-refractivity contribution in [3.05, 3.63) is 58.6 Å². The van der Waals surface area contributed by atoms with Crippen molar-refractivity contribution < 1.29 is 14.3 Å². The molecule has 3 aliphatic rings. The molecule has 3 aliphatic heterocycles. The molecule has 29 heavy (non-hydrogen) atoms. The lowest BCUT2D eigenvalue weighted by Crippen LogP contribution is -2.44. The second kappa shape index (κ2) is 6.83. The molecule has 7 heteroatoms. The fourth-order valence-corrected chi connectivity index (χ4v) is 5.06. The average Bonchev–Trinajstić information content (AvgIpc) is 3.37. The number of ether oxygens (including phenoxy) is 1. The fourth-order valence-electron chi connectivity index (χ4n) is 4.89. The van der Waals surface area contributed by atoms with Gasteiger partial charge in [-0.15, -0.1) is 0 Å². The molecule has 3 atom stereocenters. The minimum atomic E-state index is -0.461. The Morgan fingerprint density at radius 1 is 0.966 bits per heavy atom. The highest BCUT2D eigenvalue weighted by Crippen LogP contribution is 2.49. The second-order valence-corrected chi connectivity index (χ2v) is 8.22. The number of fused-ring (bicyclic) bond motifs is 3. The third-order valence-corrected chi connectivity index (χ3v) is 6.68. The summed E-state index contributed by atoms with van der Waals surface area (Å²) in [5.74, 6) is 0.0144. The second-order valence-electron chi connectivity index (χ2n) is 7.81. The summed E-state index contributed by atoms with van der Waals surface area (Å²) in [6.07, 6.45) is 0.980. The van der Waals surface area contributed by atoms with Gasteiger partial charge >= 0.3 is 0 Å². The summed E-state index contributed by atoms with van der Waals surface area (Å²) >= 11 is 6.27. The van der Waals surface area contributed by atoms with Crippen LogP contribution in [0.5, 0.6) is 5.75 Å². The molecule has 0 spiro atoms. The SMILES string of the molecule is COc1ccc([C@@H]2[C@@H]3C(=O)N(c4ccc(C)c(Cl)c4)C(=O)[C@H]3N3CCCN23)cc1. The minimum Gasteiger partial charge on any atom is -0.497 e. The van der Waals surface area contributed by atoms with E-state index in [9.17, 15) is 9.59 Å². The van der Waals surface area contributed by atoms with Crippen LogP contribution in [-0.2, 0) is 9.59 Å². The number of hydrogen-bond donors (Lipinski definition) is 0. The molecule has 2 aromatic rings. The van der Waals surface area contributed by atoms with Gasteiger partial charge in [0.1, 0.15) is 11.8 Å². The number of imide groups is 1. The van der Waals surface area contributed by atoms with Gasteiger partial charge in [0.05, 0.1) is 24.8 Å². The van der Waals surface area contributed by atoms with Gasteiger partial charge in [-0.05, 0) is 48.7 Å². The van der Waals surface area contributed by atoms with E-state index < -0.39 is 12.0 Å². The highest BCUT2D eigenvalue weighted by molar-refractivity contribution is 6.32. The number of rotatable bonds is 3. The van der Waals surface area contributed by atoms with Crippen molar-refractivity contribution in [2.75, 3.05) is 25.1 Å². The first-order chi connectivity index (χ1) is 14.0. The van der Waals surface area contributed by atoms with Crippen molar-refractivity contribution in [2.24, 2.45) is 5.92 Å². The lowest BCUT2D eigenvalue weighted by molar-refractivity contribution is -0.126. The summed E-state index contributed by atoms with van der Waals surface area (Å²) in [4.78, 5) is 28.2. The van der Waals surface area contributed by atoms with Crippen LogP contribution in [0.25, 0.3) is 0 Å². The van der Waals surface area contributed by atoms with Crippen LogP contribution in [-0.4, -0.2) is 48.1 Å². The molecule has 2 aromatic carbocycles. The van der Waals surface area contributed by atoms with Gasteiger partial charge in [-0.25, -0.2) is 14.9 Å². The summed E-state index contributed by atoms with van der Waals surface area (Å²) in [5, 5.41) is 4.84. The lowest BCUT2D eigenvalue weighted by atomic mass is 9.90. The number of halogens is 1. The number of hydrogen-bond acceptors (Lipinski definition) is 5. The number of methoxy groups -OCH3 is 1. The number of aryl methyl sites for hydroxylation is 1. The fraction of sp³-hybridized carbons (Fsp3) is 0.364. The highest BCUT2D eigenvalue weighted by atomic mass is 35.5. The van der Waals surface area contributed by atoms with Gasteiger partial charge < -0.3 is 4.74 Å². The molecule has 6 nitrogen and oxygen atoms in total. The van der Waals surface area contributed by atoms with Crippen LogP contribution >= 0.6 is 11.6 Å². The van der Waals surface area contributed by atoms with Gasteiger partial charge in [-0.3, -0.25) is 9.59 Å². The topological polar surface area (TPSA) is 53.1 Å². The van der Waals surface area contributed by atoms with E-state index in [-0.39, 0.29) is 17.9 Å². The first-order valence-electron chi connectivity index (χ1n) is 9.82. The van der Waals surface area contributed by atoms with E-state index >= 15 is 0 Å². The number of anilines is 1. The van der Waals surface area contributed by atoms with Crippen molar-refractivity contribution in [1.82, 2.24) is 10.0 Å². The molecule has 0 bridgehead atoms. The lowest BCUT2D eigenvalue weighted by Gasteiger charge is -2.30. The van der Waals surface area contributed by atoms with Gasteiger partial charge in [0.2, 0.25) is 5.91 Å². The Labute approximate surface area is 174 Å². The summed E-state index contributed by atoms with van der Waals surface area (Å²) in [7, 11) is 1.63. The van der Waals surface area contributed by atoms with E-state index in [2.05, 4.69) is 10.0 Å². The van der Waals surface area contributed by atoms with E-state index in [0.29, 0.717) is 10.7 Å². The van der Waals surface area contributed by atoms with Crippen LogP contribution in [0.2, 0.25) is 5.02 Å². The van der Waals surface area contributed by atoms with E-state index in [1.807, 2.05) is 37.3 Å². The zero-order valence-electron chi connectivity index (χ0n) is 16.3. The van der Waals surface area contributed by atoms with Crippen LogP contribution in [0.1, 0.15) is 23.6 Å². The minimum absolute atomic E-state index is 0.157. The third-order valence-electron chi connectivity index (χ3n) is 6.28. The molecule has 3 heterocycles. The van der Waals surface area contributed by atoms with E-state index in [4.69, 9.17) is 16.3 Å². The number of amides is 2. The maximum atomic E-state index is 13.5. The molecule has 0 aromatic heterocycles. The molecule has 3 fully saturated rings. The van der Waals surface area contributed by atoms with Crippen LogP contribution in [0.4, 0.5) is 5.69 Å². The van der Waals surface area contributed by atoms with Crippen LogP contribution in [0.3, 0.4) is 0 Å². The van der Waals surface area contributed by atoms with Crippen LogP contribution < -0.4 is 9.64 Å². The molecular formula is C22H22ClN3O3. The molecule has 2 amide bonds. The van der Waals surface area contributed by atoms with Crippen molar-refractivity contribution >= 4 is 29.1 Å². The standard InChI is InChI=1S/C22H22ClN3O3/c1-13-4-7-15(12-17(13)23)26-21(27)18-19(14-5-8-16(29-2)9-6-14)24-10-3-11-25(24)20(18)22(26)28/h4-9,12,18-20H,3,10-11H2,1-2H3/t18-,19+,20-/m0/s1. The Bertz CT molecular complexity index is 993. The molecule has 5 rings (SSSR count). The number of benzene rings is 2. The number of hydrazine groups is 1. The van der Waals surface area contributed by atoms with E-state index in [1.165, 1.54) is 4.90 Å². The van der Waals surface area contributed by atoms with Gasteiger partial charge in [-0.2, -0.15) is 0 Å². The summed E-state index contributed by atoms with van der Waals surface area (Å²) in [5.41, 5.74) is 2.48. The summed E-state index contributed by atoms with van der Waals surface area (Å²) in [6, 6.07) is 12.5. The van der Waals surface area contributed by atoms with Gasteiger partial charge in [0.15, 0.2) is 0 Å². The summed E-state index contributed by atoms with van der Waals surface area (Å²) in [6.45, 7) is 3.53. The van der Waals surface area contributed by atoms with Crippen molar-refractivity contribution in [2.45, 2.75) is 25.4 Å². The number of carbonyl (C=O) groups is 2. The Morgan fingerprint density at radius 2 is 1.66 bits per heavy atom.